The van der Waals surface area contributed by atoms with Gasteiger partial charge in [0.1, 0.15) is 9.79 Å². The molecule has 0 aliphatic carbocycles. The van der Waals surface area contributed by atoms with Crippen LogP contribution in [0.4, 0.5) is 0 Å². The Morgan fingerprint density at radius 2 is 1.73 bits per heavy atom. The lowest BCUT2D eigenvalue weighted by atomic mass is 9.90. The lowest BCUT2D eigenvalue weighted by Crippen LogP contribution is -2.32. The highest BCUT2D eigenvalue weighted by atomic mass is 32.2. The van der Waals surface area contributed by atoms with Gasteiger partial charge in [0.2, 0.25) is 20.0 Å². The van der Waals surface area contributed by atoms with E-state index in [-0.39, 0.29) is 22.9 Å². The van der Waals surface area contributed by atoms with Gasteiger partial charge in [-0.2, -0.15) is 4.31 Å². The quantitative estimate of drug-likeness (QED) is 0.796. The molecule has 0 radical (unpaired) electrons. The Bertz CT molecular complexity index is 771. The summed E-state index contributed by atoms with van der Waals surface area (Å²) in [6.07, 6.45) is -0.796. The van der Waals surface area contributed by atoms with Crippen molar-refractivity contribution in [3.63, 3.8) is 0 Å². The van der Waals surface area contributed by atoms with E-state index in [1.807, 2.05) is 0 Å². The highest BCUT2D eigenvalue weighted by Crippen LogP contribution is 2.34. The zero-order chi connectivity index (χ0) is 16.8. The molecule has 9 heteroatoms. The van der Waals surface area contributed by atoms with E-state index in [2.05, 4.69) is 4.72 Å². The molecule has 7 nitrogen and oxygen atoms in total. The fraction of sp³-hybridized carbons (Fsp3) is 0.538. The second kappa shape index (κ2) is 5.57. The Morgan fingerprint density at radius 3 is 2.18 bits per heavy atom. The topological polar surface area (TPSA) is 104 Å². The molecule has 0 aromatic heterocycles. The standard InChI is InChI=1S/C13H20N2O5S2/c1-13(2)9-15(8-12(13)16)22(19,20)11-7-5-4-6-10(11)21(17,18)14-3/h4-7,12,14,16H,8-9H2,1-3H3. The Balaban J connectivity index is 2.53. The van der Waals surface area contributed by atoms with Crippen LogP contribution >= 0.6 is 0 Å². The van der Waals surface area contributed by atoms with Crippen molar-refractivity contribution in [2.24, 2.45) is 5.41 Å². The van der Waals surface area contributed by atoms with Crippen molar-refractivity contribution >= 4 is 20.0 Å². The van der Waals surface area contributed by atoms with E-state index in [0.29, 0.717) is 0 Å². The smallest absolute Gasteiger partial charge is 0.244 e. The molecule has 0 amide bonds. The lowest BCUT2D eigenvalue weighted by Gasteiger charge is -2.21. The minimum atomic E-state index is -4.01. The molecule has 22 heavy (non-hydrogen) atoms. The van der Waals surface area contributed by atoms with Crippen LogP contribution < -0.4 is 4.72 Å². The van der Waals surface area contributed by atoms with Crippen molar-refractivity contribution in [1.29, 1.82) is 0 Å². The van der Waals surface area contributed by atoms with Crippen LogP contribution in [-0.2, 0) is 20.0 Å². The van der Waals surface area contributed by atoms with E-state index in [4.69, 9.17) is 0 Å². The van der Waals surface area contributed by atoms with Gasteiger partial charge in [0.25, 0.3) is 0 Å². The first-order chi connectivity index (χ1) is 10.0. The Morgan fingerprint density at radius 1 is 1.18 bits per heavy atom. The number of rotatable bonds is 4. The Hall–Kier alpha value is -1.00. The third-order valence-corrected chi connectivity index (χ3v) is 7.36. The summed E-state index contributed by atoms with van der Waals surface area (Å²) in [4.78, 5) is -0.578. The van der Waals surface area contributed by atoms with Gasteiger partial charge in [0.05, 0.1) is 6.10 Å². The summed E-state index contributed by atoms with van der Waals surface area (Å²) in [5, 5.41) is 9.98. The number of β-amino-alcohol motifs (C(OH)–C–C–N with tert-alkyl or cyclic N) is 1. The zero-order valence-corrected chi connectivity index (χ0v) is 14.3. The molecule has 1 fully saturated rings. The second-order valence-electron chi connectivity index (χ2n) is 5.96. The lowest BCUT2D eigenvalue weighted by molar-refractivity contribution is 0.0960. The number of aliphatic hydroxyl groups excluding tert-OH is 1. The molecule has 1 aromatic carbocycles. The molecule has 1 heterocycles. The first-order valence-corrected chi connectivity index (χ1v) is 9.65. The average Bonchev–Trinajstić information content (AvgIpc) is 2.73. The molecule has 2 rings (SSSR count). The predicted molar refractivity (Wildman–Crippen MR) is 81.2 cm³/mol. The van der Waals surface area contributed by atoms with E-state index in [1.165, 1.54) is 31.3 Å². The van der Waals surface area contributed by atoms with Crippen LogP contribution in [0.15, 0.2) is 34.1 Å². The van der Waals surface area contributed by atoms with Gasteiger partial charge in [0, 0.05) is 18.5 Å². The van der Waals surface area contributed by atoms with Gasteiger partial charge >= 0.3 is 0 Å². The van der Waals surface area contributed by atoms with E-state index in [0.717, 1.165) is 4.31 Å². The van der Waals surface area contributed by atoms with Crippen molar-refractivity contribution in [2.45, 2.75) is 29.7 Å². The molecule has 1 atom stereocenters. The van der Waals surface area contributed by atoms with Crippen LogP contribution in [0, 0.1) is 5.41 Å². The molecule has 2 N–H and O–H groups in total. The average molecular weight is 348 g/mol. The highest BCUT2D eigenvalue weighted by Gasteiger charge is 2.44. The molecule has 1 aliphatic rings. The molecule has 1 saturated heterocycles. The summed E-state index contributed by atoms with van der Waals surface area (Å²) in [6.45, 7) is 3.61. The van der Waals surface area contributed by atoms with Crippen LogP contribution in [-0.4, -0.2) is 52.5 Å². The van der Waals surface area contributed by atoms with Crippen LogP contribution in [0.5, 0.6) is 0 Å². The molecule has 1 aromatic rings. The number of sulfonamides is 2. The van der Waals surface area contributed by atoms with Gasteiger partial charge in [-0.15, -0.1) is 0 Å². The van der Waals surface area contributed by atoms with Gasteiger partial charge in [-0.05, 0) is 19.2 Å². The summed E-state index contributed by atoms with van der Waals surface area (Å²) >= 11 is 0. The summed E-state index contributed by atoms with van der Waals surface area (Å²) in [5.74, 6) is 0. The maximum absolute atomic E-state index is 12.8. The highest BCUT2D eigenvalue weighted by molar-refractivity contribution is 7.92. The SMILES string of the molecule is CNS(=O)(=O)c1ccccc1S(=O)(=O)N1CC(O)C(C)(C)C1. The van der Waals surface area contributed by atoms with E-state index in [9.17, 15) is 21.9 Å². The van der Waals surface area contributed by atoms with E-state index < -0.39 is 31.6 Å². The van der Waals surface area contributed by atoms with Gasteiger partial charge in [0.15, 0.2) is 0 Å². The monoisotopic (exact) mass is 348 g/mol. The summed E-state index contributed by atoms with van der Waals surface area (Å²) < 4.78 is 52.9. The summed E-state index contributed by atoms with van der Waals surface area (Å²) in [7, 11) is -6.69. The van der Waals surface area contributed by atoms with Gasteiger partial charge < -0.3 is 5.11 Å². The number of nitrogens with one attached hydrogen (secondary N) is 1. The minimum absolute atomic E-state index is 0.0523. The van der Waals surface area contributed by atoms with E-state index in [1.54, 1.807) is 13.8 Å². The van der Waals surface area contributed by atoms with E-state index >= 15 is 0 Å². The predicted octanol–water partition coefficient (Wildman–Crippen LogP) is -0.0139. The largest absolute Gasteiger partial charge is 0.391 e. The van der Waals surface area contributed by atoms with Gasteiger partial charge in [-0.3, -0.25) is 0 Å². The first kappa shape index (κ1) is 17.4. The number of hydrogen-bond acceptors (Lipinski definition) is 5. The molecule has 124 valence electrons. The van der Waals surface area contributed by atoms with Crippen molar-refractivity contribution in [3.05, 3.63) is 24.3 Å². The second-order valence-corrected chi connectivity index (χ2v) is 9.72. The van der Waals surface area contributed by atoms with Crippen molar-refractivity contribution in [1.82, 2.24) is 9.03 Å². The minimum Gasteiger partial charge on any atom is -0.391 e. The van der Waals surface area contributed by atoms with Crippen molar-refractivity contribution < 1.29 is 21.9 Å². The maximum Gasteiger partial charge on any atom is 0.244 e. The maximum atomic E-state index is 12.8. The molecule has 0 bridgehead atoms. The fourth-order valence-electron chi connectivity index (χ4n) is 2.38. The third kappa shape index (κ3) is 2.91. The zero-order valence-electron chi connectivity index (χ0n) is 12.6. The molecule has 1 aliphatic heterocycles. The van der Waals surface area contributed by atoms with Crippen molar-refractivity contribution in [2.75, 3.05) is 20.1 Å². The number of aliphatic hydroxyl groups is 1. The Labute approximate surface area is 131 Å². The van der Waals surface area contributed by atoms with Crippen LogP contribution in [0.2, 0.25) is 0 Å². The summed E-state index contributed by atoms with van der Waals surface area (Å²) in [6, 6.07) is 5.44. The molecule has 0 saturated carbocycles. The number of benzene rings is 1. The molecule has 0 spiro atoms. The third-order valence-electron chi connectivity index (χ3n) is 3.89. The molecule has 1 unspecified atom stereocenters. The summed E-state index contributed by atoms with van der Waals surface area (Å²) in [5.41, 5.74) is -0.579. The normalized spacial score (nSPS) is 22.8. The first-order valence-electron chi connectivity index (χ1n) is 6.73. The molecular weight excluding hydrogens is 328 g/mol. The van der Waals surface area contributed by atoms with Crippen LogP contribution in [0.3, 0.4) is 0 Å². The molecular formula is C13H20N2O5S2. The Kier molecular flexibility index (Phi) is 4.39. The van der Waals surface area contributed by atoms with Gasteiger partial charge in [-0.25, -0.2) is 21.6 Å². The van der Waals surface area contributed by atoms with Crippen LogP contribution in [0.1, 0.15) is 13.8 Å². The number of nitrogens with zero attached hydrogens (tertiary/aromatic N) is 1. The number of hydrogen-bond donors (Lipinski definition) is 2. The van der Waals surface area contributed by atoms with Gasteiger partial charge in [-0.1, -0.05) is 26.0 Å². The fourth-order valence-corrected chi connectivity index (χ4v) is 5.53. The van der Waals surface area contributed by atoms with Crippen LogP contribution in [0.25, 0.3) is 0 Å². The van der Waals surface area contributed by atoms with Crippen molar-refractivity contribution in [3.8, 4) is 0 Å².